The van der Waals surface area contributed by atoms with Gasteiger partial charge in [0.2, 0.25) is 0 Å². The summed E-state index contributed by atoms with van der Waals surface area (Å²) in [6.07, 6.45) is 1.33. The number of amides is 4. The van der Waals surface area contributed by atoms with Crippen molar-refractivity contribution in [3.63, 3.8) is 0 Å². The lowest BCUT2D eigenvalue weighted by atomic mass is 10.1. The minimum atomic E-state index is -0.850. The third-order valence-corrected chi connectivity index (χ3v) is 4.26. The Kier molecular flexibility index (Phi) is 6.35. The van der Waals surface area contributed by atoms with Gasteiger partial charge in [-0.15, -0.1) is 0 Å². The van der Waals surface area contributed by atoms with Crippen LogP contribution < -0.4 is 24.4 Å². The summed E-state index contributed by atoms with van der Waals surface area (Å²) in [5.74, 6) is -1.06. The van der Waals surface area contributed by atoms with Crippen LogP contribution in [0.5, 0.6) is 17.2 Å². The number of benzene rings is 2. The predicted molar refractivity (Wildman–Crippen MR) is 111 cm³/mol. The van der Waals surface area contributed by atoms with Gasteiger partial charge in [0.1, 0.15) is 11.3 Å². The Morgan fingerprint density at radius 1 is 1.06 bits per heavy atom. The Morgan fingerprint density at radius 3 is 2.39 bits per heavy atom. The second-order valence-electron chi connectivity index (χ2n) is 6.39. The van der Waals surface area contributed by atoms with Crippen LogP contribution in [-0.2, 0) is 14.4 Å². The van der Waals surface area contributed by atoms with E-state index >= 15 is 0 Å². The maximum absolute atomic E-state index is 13.0. The molecular formula is C22H20N2O7. The zero-order valence-electron chi connectivity index (χ0n) is 17.1. The number of carbonyl (C=O) groups is 4. The van der Waals surface area contributed by atoms with Crippen LogP contribution in [-0.4, -0.2) is 37.5 Å². The van der Waals surface area contributed by atoms with E-state index < -0.39 is 23.8 Å². The molecule has 0 saturated carbocycles. The number of barbiturate groups is 1. The van der Waals surface area contributed by atoms with Gasteiger partial charge in [0.15, 0.2) is 11.5 Å². The molecule has 1 saturated heterocycles. The van der Waals surface area contributed by atoms with E-state index in [4.69, 9.17) is 14.2 Å². The van der Waals surface area contributed by atoms with Gasteiger partial charge in [-0.3, -0.25) is 19.7 Å². The molecule has 1 heterocycles. The maximum atomic E-state index is 13.0. The highest BCUT2D eigenvalue weighted by molar-refractivity contribution is 6.39. The topological polar surface area (TPSA) is 111 Å². The molecule has 1 fully saturated rings. The molecule has 1 aliphatic heterocycles. The molecule has 9 heteroatoms. The number of esters is 1. The highest BCUT2D eigenvalue weighted by atomic mass is 16.6. The fourth-order valence-corrected chi connectivity index (χ4v) is 2.91. The number of methoxy groups -OCH3 is 1. The van der Waals surface area contributed by atoms with Gasteiger partial charge in [-0.2, -0.15) is 0 Å². The van der Waals surface area contributed by atoms with Gasteiger partial charge in [0.05, 0.1) is 19.4 Å². The molecule has 3 rings (SSSR count). The summed E-state index contributed by atoms with van der Waals surface area (Å²) in [4.78, 5) is 49.8. The average molecular weight is 424 g/mol. The molecule has 9 nitrogen and oxygen atoms in total. The van der Waals surface area contributed by atoms with Crippen LogP contribution in [0.15, 0.2) is 48.0 Å². The van der Waals surface area contributed by atoms with Crippen molar-refractivity contribution in [2.75, 3.05) is 18.6 Å². The molecule has 2 aromatic rings. The zero-order chi connectivity index (χ0) is 22.5. The van der Waals surface area contributed by atoms with Gasteiger partial charge in [-0.1, -0.05) is 6.07 Å². The second-order valence-corrected chi connectivity index (χ2v) is 6.39. The average Bonchev–Trinajstić information content (AvgIpc) is 2.73. The molecule has 160 valence electrons. The van der Waals surface area contributed by atoms with Crippen molar-refractivity contribution < 1.29 is 33.4 Å². The number of carbonyl (C=O) groups excluding carboxylic acids is 4. The molecule has 0 unspecified atom stereocenters. The fourth-order valence-electron chi connectivity index (χ4n) is 2.91. The van der Waals surface area contributed by atoms with Gasteiger partial charge in [0, 0.05) is 6.92 Å². The van der Waals surface area contributed by atoms with Crippen molar-refractivity contribution in [1.82, 2.24) is 5.32 Å². The molecule has 4 amide bonds. The van der Waals surface area contributed by atoms with E-state index in [1.54, 1.807) is 25.1 Å². The van der Waals surface area contributed by atoms with Gasteiger partial charge in [-0.05, 0) is 55.0 Å². The highest BCUT2D eigenvalue weighted by Gasteiger charge is 2.36. The summed E-state index contributed by atoms with van der Waals surface area (Å²) in [6, 6.07) is 9.99. The number of rotatable bonds is 6. The first kappa shape index (κ1) is 21.6. The normalized spacial score (nSPS) is 15.0. The molecule has 0 spiro atoms. The predicted octanol–water partition coefficient (Wildman–Crippen LogP) is 2.69. The molecule has 31 heavy (non-hydrogen) atoms. The van der Waals surface area contributed by atoms with E-state index in [0.29, 0.717) is 17.9 Å². The third-order valence-electron chi connectivity index (χ3n) is 4.26. The lowest BCUT2D eigenvalue weighted by Gasteiger charge is -2.26. The lowest BCUT2D eigenvalue weighted by Crippen LogP contribution is -2.54. The van der Waals surface area contributed by atoms with Crippen LogP contribution in [0.2, 0.25) is 0 Å². The maximum Gasteiger partial charge on any atom is 0.335 e. The van der Waals surface area contributed by atoms with Gasteiger partial charge in [-0.25, -0.2) is 9.69 Å². The molecule has 1 N–H and O–H groups in total. The van der Waals surface area contributed by atoms with Gasteiger partial charge in [0.25, 0.3) is 11.8 Å². The summed E-state index contributed by atoms with van der Waals surface area (Å²) < 4.78 is 15.7. The standard InChI is InChI=1S/C22H20N2O7/c1-4-30-19-12-14(5-10-18(19)31-13(2)25)11-17-20(26)23-22(28)24(21(17)27)15-6-8-16(29-3)9-7-15/h5-12H,4H2,1-3H3,(H,23,26,28)/b17-11-. The molecule has 0 aromatic heterocycles. The van der Waals surface area contributed by atoms with Gasteiger partial charge >= 0.3 is 12.0 Å². The molecule has 2 aromatic carbocycles. The van der Waals surface area contributed by atoms with E-state index in [1.165, 1.54) is 44.4 Å². The molecule has 0 atom stereocenters. The lowest BCUT2D eigenvalue weighted by molar-refractivity contribution is -0.132. The number of anilines is 1. The number of imide groups is 2. The SMILES string of the molecule is CCOc1cc(/C=C2/C(=O)NC(=O)N(c3ccc(OC)cc3)C2=O)ccc1OC(C)=O. The minimum absolute atomic E-state index is 0.214. The first-order valence-corrected chi connectivity index (χ1v) is 9.34. The summed E-state index contributed by atoms with van der Waals surface area (Å²) in [5, 5.41) is 2.16. The van der Waals surface area contributed by atoms with Crippen molar-refractivity contribution >= 4 is 35.6 Å². The van der Waals surface area contributed by atoms with Crippen molar-refractivity contribution in [2.24, 2.45) is 0 Å². The number of ether oxygens (including phenoxy) is 3. The summed E-state index contributed by atoms with van der Waals surface area (Å²) in [7, 11) is 1.50. The first-order chi connectivity index (χ1) is 14.8. The molecule has 1 aliphatic rings. The number of hydrogen-bond donors (Lipinski definition) is 1. The quantitative estimate of drug-likeness (QED) is 0.328. The monoisotopic (exact) mass is 424 g/mol. The van der Waals surface area contributed by atoms with E-state index in [9.17, 15) is 19.2 Å². The molecule has 0 aliphatic carbocycles. The van der Waals surface area contributed by atoms with Crippen molar-refractivity contribution in [3.8, 4) is 17.2 Å². The number of nitrogens with zero attached hydrogens (tertiary/aromatic N) is 1. The smallest absolute Gasteiger partial charge is 0.335 e. The molecule has 0 bridgehead atoms. The number of nitrogens with one attached hydrogen (secondary N) is 1. The van der Waals surface area contributed by atoms with E-state index in [1.807, 2.05) is 0 Å². The number of urea groups is 1. The second kappa shape index (κ2) is 9.12. The van der Waals surface area contributed by atoms with Crippen LogP contribution in [0.4, 0.5) is 10.5 Å². The Labute approximate surface area is 178 Å². The number of hydrogen-bond acceptors (Lipinski definition) is 7. The zero-order valence-corrected chi connectivity index (χ0v) is 17.1. The summed E-state index contributed by atoms with van der Waals surface area (Å²) in [6.45, 7) is 3.34. The minimum Gasteiger partial charge on any atom is -0.497 e. The fraction of sp³-hybridized carbons (Fsp3) is 0.182. The molecule has 0 radical (unpaired) electrons. The van der Waals surface area contributed by atoms with Crippen molar-refractivity contribution in [3.05, 3.63) is 53.6 Å². The largest absolute Gasteiger partial charge is 0.497 e. The first-order valence-electron chi connectivity index (χ1n) is 9.34. The van der Waals surface area contributed by atoms with Crippen LogP contribution in [0.1, 0.15) is 19.4 Å². The van der Waals surface area contributed by atoms with Crippen LogP contribution >= 0.6 is 0 Å². The van der Waals surface area contributed by atoms with Crippen molar-refractivity contribution in [1.29, 1.82) is 0 Å². The van der Waals surface area contributed by atoms with Crippen LogP contribution in [0.3, 0.4) is 0 Å². The van der Waals surface area contributed by atoms with Crippen molar-refractivity contribution in [2.45, 2.75) is 13.8 Å². The Balaban J connectivity index is 1.97. The summed E-state index contributed by atoms with van der Waals surface area (Å²) >= 11 is 0. The highest BCUT2D eigenvalue weighted by Crippen LogP contribution is 2.30. The van der Waals surface area contributed by atoms with E-state index in [0.717, 1.165) is 4.90 Å². The van der Waals surface area contributed by atoms with E-state index in [-0.39, 0.29) is 22.8 Å². The Hall–Kier alpha value is -4.14. The molecular weight excluding hydrogens is 404 g/mol. The Morgan fingerprint density at radius 2 is 1.77 bits per heavy atom. The van der Waals surface area contributed by atoms with Crippen LogP contribution in [0.25, 0.3) is 6.08 Å². The Bertz CT molecular complexity index is 1070. The third kappa shape index (κ3) is 4.72. The van der Waals surface area contributed by atoms with Gasteiger partial charge < -0.3 is 14.2 Å². The van der Waals surface area contributed by atoms with Crippen LogP contribution in [0, 0.1) is 0 Å². The summed E-state index contributed by atoms with van der Waals surface area (Å²) in [5.41, 5.74) is 0.488. The van der Waals surface area contributed by atoms with E-state index in [2.05, 4.69) is 5.32 Å².